The van der Waals surface area contributed by atoms with Crippen LogP contribution in [-0.2, 0) is 29.1 Å². The van der Waals surface area contributed by atoms with E-state index in [-0.39, 0.29) is 49.7 Å². The van der Waals surface area contributed by atoms with Gasteiger partial charge >= 0.3 is 6.03 Å². The molecule has 5 rings (SSSR count). The van der Waals surface area contributed by atoms with Crippen LogP contribution in [0, 0.1) is 0 Å². The van der Waals surface area contributed by atoms with Crippen LogP contribution in [0.5, 0.6) is 5.75 Å². The molecule has 0 radical (unpaired) electrons. The van der Waals surface area contributed by atoms with Gasteiger partial charge in [-0.1, -0.05) is 80.2 Å². The summed E-state index contributed by atoms with van der Waals surface area (Å²) in [5.74, 6) is 5.93. The third-order valence-corrected chi connectivity index (χ3v) is 8.28. The van der Waals surface area contributed by atoms with Crippen LogP contribution >= 0.6 is 0 Å². The molecule has 2 aliphatic rings. The molecule has 0 aromatic heterocycles. The molecule has 3 aromatic rings. The Morgan fingerprint density at radius 2 is 1.80 bits per heavy atom. The predicted molar refractivity (Wildman–Crippen MR) is 173 cm³/mol. The molecule has 11 heteroatoms. The number of rotatable bonds is 11. The fourth-order valence-corrected chi connectivity index (χ4v) is 6.21. The third kappa shape index (κ3) is 6.79. The van der Waals surface area contributed by atoms with E-state index in [0.29, 0.717) is 19.5 Å². The van der Waals surface area contributed by atoms with E-state index in [1.165, 1.54) is 5.01 Å². The standard InChI is InChI=1S/C34H41N7O4/c1-4-18-39(34(45)36-20-25-10-7-6-8-11-25)40-23-31(43)41-29(19-24-14-16-28(42)17-15-24)33(44)38(22-30(40)41)21-27-13-9-12-26(5-2)32(27)37(3)35/h5-17,29-30,42H,2,4,18-23,35H2,1,3H3,(H,36,45)/t29-,30+/m0/s1. The molecule has 0 saturated carbocycles. The number of carbonyl (C=O) groups excluding carboxylic acids is 3. The number of nitrogens with zero attached hydrogens (tertiary/aromatic N) is 5. The van der Waals surface area contributed by atoms with Crippen LogP contribution in [0.2, 0.25) is 0 Å². The number of phenols is 1. The van der Waals surface area contributed by atoms with Crippen LogP contribution < -0.4 is 16.2 Å². The summed E-state index contributed by atoms with van der Waals surface area (Å²) in [4.78, 5) is 44.9. The Bertz CT molecular complexity index is 1530. The topological polar surface area (TPSA) is 126 Å². The minimum absolute atomic E-state index is 0.0284. The van der Waals surface area contributed by atoms with Crippen molar-refractivity contribution in [2.45, 2.75) is 45.1 Å². The van der Waals surface area contributed by atoms with Crippen LogP contribution in [0.1, 0.15) is 35.6 Å². The molecule has 3 aromatic carbocycles. The monoisotopic (exact) mass is 611 g/mol. The molecule has 0 bridgehead atoms. The van der Waals surface area contributed by atoms with Crippen molar-refractivity contribution < 1.29 is 19.5 Å². The van der Waals surface area contributed by atoms with Crippen LogP contribution in [0.25, 0.3) is 6.08 Å². The maximum atomic E-state index is 14.2. The van der Waals surface area contributed by atoms with E-state index in [9.17, 15) is 19.5 Å². The summed E-state index contributed by atoms with van der Waals surface area (Å²) in [7, 11) is 1.74. The summed E-state index contributed by atoms with van der Waals surface area (Å²) in [5.41, 5.74) is 4.20. The number of amides is 4. The average Bonchev–Trinajstić information content (AvgIpc) is 3.36. The van der Waals surface area contributed by atoms with Gasteiger partial charge in [-0.25, -0.2) is 10.6 Å². The summed E-state index contributed by atoms with van der Waals surface area (Å²) in [5, 5.41) is 17.8. The summed E-state index contributed by atoms with van der Waals surface area (Å²) < 4.78 is 0. The minimum Gasteiger partial charge on any atom is -0.508 e. The number of para-hydroxylation sites is 1. The highest BCUT2D eigenvalue weighted by molar-refractivity contribution is 5.92. The second-order valence-electron chi connectivity index (χ2n) is 11.4. The van der Waals surface area contributed by atoms with Crippen molar-refractivity contribution >= 4 is 29.6 Å². The predicted octanol–water partition coefficient (Wildman–Crippen LogP) is 3.31. The molecular weight excluding hydrogens is 570 g/mol. The van der Waals surface area contributed by atoms with E-state index >= 15 is 0 Å². The fraction of sp³-hybridized carbons (Fsp3) is 0.324. The lowest BCUT2D eigenvalue weighted by molar-refractivity contribution is -0.157. The van der Waals surface area contributed by atoms with Gasteiger partial charge in [-0.3, -0.25) is 14.6 Å². The summed E-state index contributed by atoms with van der Waals surface area (Å²) in [6.07, 6.45) is 2.10. The molecule has 4 amide bonds. The number of anilines is 1. The number of carbonyl (C=O) groups is 3. The van der Waals surface area contributed by atoms with Crippen molar-refractivity contribution in [2.24, 2.45) is 5.84 Å². The third-order valence-electron chi connectivity index (χ3n) is 8.28. The molecule has 2 aliphatic heterocycles. The van der Waals surface area contributed by atoms with Gasteiger partial charge in [0.15, 0.2) is 0 Å². The van der Waals surface area contributed by atoms with Crippen LogP contribution in [-0.4, -0.2) is 81.7 Å². The Labute approximate surface area is 264 Å². The molecule has 2 fully saturated rings. The summed E-state index contributed by atoms with van der Waals surface area (Å²) >= 11 is 0. The van der Waals surface area contributed by atoms with Crippen molar-refractivity contribution in [1.29, 1.82) is 0 Å². The number of phenolic OH excluding ortho intramolecular Hbond substituents is 1. The highest BCUT2D eigenvalue weighted by Gasteiger charge is 2.52. The van der Waals surface area contributed by atoms with E-state index in [1.807, 2.05) is 55.5 Å². The number of nitrogens with one attached hydrogen (secondary N) is 1. The van der Waals surface area contributed by atoms with E-state index in [4.69, 9.17) is 5.84 Å². The highest BCUT2D eigenvalue weighted by atomic mass is 16.3. The number of hydrogen-bond acceptors (Lipinski definition) is 7. The normalized spacial score (nSPS) is 18.1. The smallest absolute Gasteiger partial charge is 0.332 e. The number of hydrogen-bond donors (Lipinski definition) is 3. The molecule has 0 aliphatic carbocycles. The van der Waals surface area contributed by atoms with Gasteiger partial charge in [0.1, 0.15) is 18.0 Å². The average molecular weight is 612 g/mol. The van der Waals surface area contributed by atoms with E-state index in [0.717, 1.165) is 27.9 Å². The largest absolute Gasteiger partial charge is 0.508 e. The van der Waals surface area contributed by atoms with E-state index in [1.54, 1.807) is 57.2 Å². The van der Waals surface area contributed by atoms with Gasteiger partial charge in [0.25, 0.3) is 0 Å². The van der Waals surface area contributed by atoms with Crippen LogP contribution in [0.4, 0.5) is 10.5 Å². The Morgan fingerprint density at radius 1 is 1.07 bits per heavy atom. The number of aromatic hydroxyl groups is 1. The van der Waals surface area contributed by atoms with Crippen LogP contribution in [0.3, 0.4) is 0 Å². The molecular formula is C34H41N7O4. The Hall–Kier alpha value is -4.87. The van der Waals surface area contributed by atoms with Gasteiger partial charge in [-0.2, -0.15) is 5.01 Å². The Morgan fingerprint density at radius 3 is 2.47 bits per heavy atom. The first kappa shape index (κ1) is 31.6. The highest BCUT2D eigenvalue weighted by Crippen LogP contribution is 2.32. The zero-order valence-corrected chi connectivity index (χ0v) is 25.8. The molecule has 2 heterocycles. The second kappa shape index (κ2) is 13.8. The maximum Gasteiger partial charge on any atom is 0.332 e. The van der Waals surface area contributed by atoms with Gasteiger partial charge < -0.3 is 25.2 Å². The molecule has 11 nitrogen and oxygen atoms in total. The lowest BCUT2D eigenvalue weighted by atomic mass is 9.99. The van der Waals surface area contributed by atoms with Gasteiger partial charge in [0.05, 0.1) is 18.8 Å². The summed E-state index contributed by atoms with van der Waals surface area (Å²) in [6, 6.07) is 20.9. The van der Waals surface area contributed by atoms with Crippen molar-refractivity contribution in [3.05, 3.63) is 102 Å². The molecule has 0 spiro atoms. The number of benzene rings is 3. The minimum atomic E-state index is -0.803. The fourth-order valence-electron chi connectivity index (χ4n) is 6.21. The molecule has 4 N–H and O–H groups in total. The zero-order valence-electron chi connectivity index (χ0n) is 25.8. The molecule has 236 valence electrons. The molecule has 0 unspecified atom stereocenters. The first-order valence-corrected chi connectivity index (χ1v) is 15.2. The molecule has 45 heavy (non-hydrogen) atoms. The Balaban J connectivity index is 1.48. The number of fused-ring (bicyclic) bond motifs is 1. The van der Waals surface area contributed by atoms with Gasteiger partial charge in [0, 0.05) is 33.1 Å². The first-order valence-electron chi connectivity index (χ1n) is 15.2. The van der Waals surface area contributed by atoms with Crippen molar-refractivity contribution in [3.8, 4) is 5.75 Å². The zero-order chi connectivity index (χ0) is 32.1. The number of urea groups is 1. The van der Waals surface area contributed by atoms with E-state index < -0.39 is 12.2 Å². The number of nitrogens with two attached hydrogens (primary N) is 1. The quantitative estimate of drug-likeness (QED) is 0.224. The lowest BCUT2D eigenvalue weighted by Gasteiger charge is -2.46. The van der Waals surface area contributed by atoms with Gasteiger partial charge in [-0.05, 0) is 40.8 Å². The van der Waals surface area contributed by atoms with Gasteiger partial charge in [0.2, 0.25) is 11.8 Å². The lowest BCUT2D eigenvalue weighted by Crippen LogP contribution is -2.66. The van der Waals surface area contributed by atoms with Crippen molar-refractivity contribution in [2.75, 3.05) is 31.7 Å². The second-order valence-corrected chi connectivity index (χ2v) is 11.4. The van der Waals surface area contributed by atoms with Crippen LogP contribution in [0.15, 0.2) is 79.4 Å². The van der Waals surface area contributed by atoms with Crippen molar-refractivity contribution in [3.63, 3.8) is 0 Å². The van der Waals surface area contributed by atoms with Gasteiger partial charge in [-0.15, -0.1) is 0 Å². The number of piperazine rings is 1. The first-order chi connectivity index (χ1) is 21.7. The summed E-state index contributed by atoms with van der Waals surface area (Å²) in [6.45, 7) is 7.07. The SMILES string of the molecule is C=Cc1cccc(CN2C[C@H]3N(C(=O)CN3N(CCC)C(=O)NCc3ccccc3)[C@@H](Cc3ccc(O)cc3)C2=O)c1N(C)N. The molecule has 2 saturated heterocycles. The number of hydrazine groups is 2. The van der Waals surface area contributed by atoms with E-state index in [2.05, 4.69) is 11.9 Å². The van der Waals surface area contributed by atoms with Crippen molar-refractivity contribution in [1.82, 2.24) is 25.1 Å². The maximum absolute atomic E-state index is 14.2. The Kier molecular flexibility index (Phi) is 9.70. The molecule has 2 atom stereocenters.